The molecule has 0 amide bonds. The maximum atomic E-state index is 6.28. The molecule has 3 rings (SSSR count). The van der Waals surface area contributed by atoms with Crippen LogP contribution in [0.25, 0.3) is 0 Å². The number of halogens is 1. The van der Waals surface area contributed by atoms with Gasteiger partial charge in [-0.3, -0.25) is 0 Å². The van der Waals surface area contributed by atoms with Gasteiger partial charge in [0.25, 0.3) is 0 Å². The highest BCUT2D eigenvalue weighted by Crippen LogP contribution is 2.26. The van der Waals surface area contributed by atoms with Gasteiger partial charge >= 0.3 is 0 Å². The highest BCUT2D eigenvalue weighted by atomic mass is 35.5. The van der Waals surface area contributed by atoms with E-state index in [4.69, 9.17) is 22.1 Å². The SMILES string of the molecule is NC(c1ccc(Cl)cc1)c1ccc2c(c1)COC2. The third-order valence-electron chi connectivity index (χ3n) is 3.33. The molecule has 2 N–H and O–H groups in total. The van der Waals surface area contributed by atoms with E-state index in [2.05, 4.69) is 18.2 Å². The number of fused-ring (bicyclic) bond motifs is 1. The summed E-state index contributed by atoms with van der Waals surface area (Å²) in [6.07, 6.45) is 0. The largest absolute Gasteiger partial charge is 0.372 e. The van der Waals surface area contributed by atoms with E-state index in [1.54, 1.807) is 0 Å². The first-order valence-electron chi connectivity index (χ1n) is 5.94. The van der Waals surface area contributed by atoms with Gasteiger partial charge in [0.15, 0.2) is 0 Å². The Balaban J connectivity index is 1.92. The molecular formula is C15H14ClNO. The van der Waals surface area contributed by atoms with E-state index in [1.165, 1.54) is 11.1 Å². The van der Waals surface area contributed by atoms with Crippen molar-refractivity contribution in [3.05, 3.63) is 69.7 Å². The molecular weight excluding hydrogens is 246 g/mol. The van der Waals surface area contributed by atoms with Crippen LogP contribution in [0.4, 0.5) is 0 Å². The number of rotatable bonds is 2. The molecule has 3 heteroatoms. The molecule has 1 aliphatic rings. The van der Waals surface area contributed by atoms with Crippen molar-refractivity contribution < 1.29 is 4.74 Å². The first kappa shape index (κ1) is 11.7. The smallest absolute Gasteiger partial charge is 0.0725 e. The van der Waals surface area contributed by atoms with Crippen LogP contribution in [0.15, 0.2) is 42.5 Å². The van der Waals surface area contributed by atoms with Gasteiger partial charge in [0, 0.05) is 5.02 Å². The lowest BCUT2D eigenvalue weighted by atomic mass is 9.96. The van der Waals surface area contributed by atoms with Crippen LogP contribution in [0.1, 0.15) is 28.3 Å². The fourth-order valence-corrected chi connectivity index (χ4v) is 2.37. The maximum absolute atomic E-state index is 6.28. The summed E-state index contributed by atoms with van der Waals surface area (Å²) in [5, 5.41) is 0.730. The molecule has 92 valence electrons. The molecule has 0 saturated carbocycles. The lowest BCUT2D eigenvalue weighted by molar-refractivity contribution is 0.134. The van der Waals surface area contributed by atoms with Crippen molar-refractivity contribution in [3.63, 3.8) is 0 Å². The van der Waals surface area contributed by atoms with Crippen LogP contribution >= 0.6 is 11.6 Å². The lowest BCUT2D eigenvalue weighted by Gasteiger charge is -2.13. The summed E-state index contributed by atoms with van der Waals surface area (Å²) >= 11 is 5.88. The van der Waals surface area contributed by atoms with Gasteiger partial charge in [0.05, 0.1) is 19.3 Å². The number of ether oxygens (including phenoxy) is 1. The van der Waals surface area contributed by atoms with Crippen LogP contribution < -0.4 is 5.73 Å². The number of hydrogen-bond donors (Lipinski definition) is 1. The minimum Gasteiger partial charge on any atom is -0.372 e. The Morgan fingerprint density at radius 2 is 1.61 bits per heavy atom. The van der Waals surface area contributed by atoms with Crippen LogP contribution in [-0.2, 0) is 18.0 Å². The van der Waals surface area contributed by atoms with Gasteiger partial charge in [0.1, 0.15) is 0 Å². The average Bonchev–Trinajstić information content (AvgIpc) is 2.86. The van der Waals surface area contributed by atoms with Gasteiger partial charge in [-0.2, -0.15) is 0 Å². The Hall–Kier alpha value is -1.35. The summed E-state index contributed by atoms with van der Waals surface area (Å²) in [7, 11) is 0. The first-order valence-corrected chi connectivity index (χ1v) is 6.32. The predicted molar refractivity (Wildman–Crippen MR) is 72.4 cm³/mol. The van der Waals surface area contributed by atoms with Crippen LogP contribution in [-0.4, -0.2) is 0 Å². The molecule has 0 saturated heterocycles. The summed E-state index contributed by atoms with van der Waals surface area (Å²) in [6, 6.07) is 13.9. The summed E-state index contributed by atoms with van der Waals surface area (Å²) < 4.78 is 5.41. The molecule has 0 radical (unpaired) electrons. The van der Waals surface area contributed by atoms with Crippen molar-refractivity contribution in [2.75, 3.05) is 0 Å². The number of benzene rings is 2. The zero-order valence-electron chi connectivity index (χ0n) is 9.90. The highest BCUT2D eigenvalue weighted by molar-refractivity contribution is 6.30. The van der Waals surface area contributed by atoms with Gasteiger partial charge < -0.3 is 10.5 Å². The van der Waals surface area contributed by atoms with Crippen LogP contribution in [0, 0.1) is 0 Å². The Labute approximate surface area is 111 Å². The van der Waals surface area contributed by atoms with Gasteiger partial charge in [-0.05, 0) is 34.4 Å². The van der Waals surface area contributed by atoms with Gasteiger partial charge in [0.2, 0.25) is 0 Å². The molecule has 1 heterocycles. The molecule has 0 spiro atoms. The van der Waals surface area contributed by atoms with E-state index >= 15 is 0 Å². The van der Waals surface area contributed by atoms with Crippen molar-refractivity contribution in [2.45, 2.75) is 19.3 Å². The van der Waals surface area contributed by atoms with E-state index in [-0.39, 0.29) is 6.04 Å². The minimum absolute atomic E-state index is 0.117. The van der Waals surface area contributed by atoms with E-state index in [1.807, 2.05) is 24.3 Å². The molecule has 2 aromatic carbocycles. The second kappa shape index (κ2) is 4.73. The standard InChI is InChI=1S/C15H14ClNO/c16-14-5-3-10(4-6-14)15(17)11-1-2-12-8-18-9-13(12)7-11/h1-7,15H,8-9,17H2. The maximum Gasteiger partial charge on any atom is 0.0725 e. The van der Waals surface area contributed by atoms with Crippen molar-refractivity contribution in [3.8, 4) is 0 Å². The quantitative estimate of drug-likeness (QED) is 0.897. The van der Waals surface area contributed by atoms with Crippen molar-refractivity contribution >= 4 is 11.6 Å². The third-order valence-corrected chi connectivity index (χ3v) is 3.59. The fourth-order valence-electron chi connectivity index (χ4n) is 2.25. The van der Waals surface area contributed by atoms with E-state index in [0.29, 0.717) is 13.2 Å². The molecule has 2 aromatic rings. The molecule has 0 bridgehead atoms. The zero-order valence-corrected chi connectivity index (χ0v) is 10.7. The highest BCUT2D eigenvalue weighted by Gasteiger charge is 2.15. The second-order valence-corrected chi connectivity index (χ2v) is 4.99. The molecule has 18 heavy (non-hydrogen) atoms. The summed E-state index contributed by atoms with van der Waals surface area (Å²) in [5.41, 5.74) is 11.0. The molecule has 1 aliphatic heterocycles. The minimum atomic E-state index is -0.117. The topological polar surface area (TPSA) is 35.2 Å². The van der Waals surface area contributed by atoms with Crippen LogP contribution in [0.5, 0.6) is 0 Å². The van der Waals surface area contributed by atoms with Crippen molar-refractivity contribution in [2.24, 2.45) is 5.73 Å². The monoisotopic (exact) mass is 259 g/mol. The molecule has 1 unspecified atom stereocenters. The Morgan fingerprint density at radius 1 is 0.944 bits per heavy atom. The predicted octanol–water partition coefficient (Wildman–Crippen LogP) is 3.42. The van der Waals surface area contributed by atoms with Crippen molar-refractivity contribution in [1.29, 1.82) is 0 Å². The zero-order chi connectivity index (χ0) is 12.5. The molecule has 0 fully saturated rings. The summed E-state index contributed by atoms with van der Waals surface area (Å²) in [4.78, 5) is 0. The lowest BCUT2D eigenvalue weighted by Crippen LogP contribution is -2.12. The van der Waals surface area contributed by atoms with E-state index in [9.17, 15) is 0 Å². The summed E-state index contributed by atoms with van der Waals surface area (Å²) in [6.45, 7) is 1.41. The molecule has 1 atom stereocenters. The number of hydrogen-bond acceptors (Lipinski definition) is 2. The van der Waals surface area contributed by atoms with Crippen molar-refractivity contribution in [1.82, 2.24) is 0 Å². The Kier molecular flexibility index (Phi) is 3.08. The third kappa shape index (κ3) is 2.15. The Morgan fingerprint density at radius 3 is 2.39 bits per heavy atom. The van der Waals surface area contributed by atoms with E-state index < -0.39 is 0 Å². The van der Waals surface area contributed by atoms with Gasteiger partial charge in [-0.25, -0.2) is 0 Å². The fraction of sp³-hybridized carbons (Fsp3) is 0.200. The van der Waals surface area contributed by atoms with E-state index in [0.717, 1.165) is 16.1 Å². The molecule has 0 aliphatic carbocycles. The molecule has 0 aromatic heterocycles. The second-order valence-electron chi connectivity index (χ2n) is 4.55. The van der Waals surface area contributed by atoms with Crippen LogP contribution in [0.2, 0.25) is 5.02 Å². The normalized spacial score (nSPS) is 15.4. The summed E-state index contributed by atoms with van der Waals surface area (Å²) in [5.74, 6) is 0. The first-order chi connectivity index (χ1) is 8.74. The molecule has 2 nitrogen and oxygen atoms in total. The number of nitrogens with two attached hydrogens (primary N) is 1. The Bertz CT molecular complexity index is 565. The van der Waals surface area contributed by atoms with Crippen LogP contribution in [0.3, 0.4) is 0 Å². The van der Waals surface area contributed by atoms with Gasteiger partial charge in [-0.1, -0.05) is 41.9 Å². The van der Waals surface area contributed by atoms with Gasteiger partial charge in [-0.15, -0.1) is 0 Å². The average molecular weight is 260 g/mol.